The lowest BCUT2D eigenvalue weighted by Crippen LogP contribution is -2.49. The van der Waals surface area contributed by atoms with Gasteiger partial charge < -0.3 is 24.4 Å². The topological polar surface area (TPSA) is 73.1 Å². The van der Waals surface area contributed by atoms with E-state index in [1.54, 1.807) is 18.8 Å². The summed E-state index contributed by atoms with van der Waals surface area (Å²) < 4.78 is 18.9. The number of methoxy groups -OCH3 is 1. The standard InChI is InChI=1S/C20H29N5O3/c1-15(28-18-7-5-6-17(10-18)26-4)11-22-20(21-2)25-8-9-27-19(14-25)16-12-23-24(3)13-16/h5-7,10,12-13,15,19H,8-9,11,14H2,1-4H3,(H,21,22). The van der Waals surface area contributed by atoms with Gasteiger partial charge in [-0.3, -0.25) is 9.67 Å². The molecule has 28 heavy (non-hydrogen) atoms. The summed E-state index contributed by atoms with van der Waals surface area (Å²) in [6.45, 7) is 4.84. The van der Waals surface area contributed by atoms with Crippen molar-refractivity contribution in [1.29, 1.82) is 0 Å². The maximum atomic E-state index is 5.98. The number of hydrogen-bond donors (Lipinski definition) is 1. The molecule has 2 heterocycles. The number of morpholine rings is 1. The van der Waals surface area contributed by atoms with Crippen molar-refractivity contribution in [3.05, 3.63) is 42.2 Å². The van der Waals surface area contributed by atoms with Crippen LogP contribution in [0.1, 0.15) is 18.6 Å². The first-order valence-corrected chi connectivity index (χ1v) is 9.45. The number of nitrogens with one attached hydrogen (secondary N) is 1. The molecule has 0 amide bonds. The van der Waals surface area contributed by atoms with Crippen LogP contribution in [-0.2, 0) is 11.8 Å². The summed E-state index contributed by atoms with van der Waals surface area (Å²) in [7, 11) is 5.36. The monoisotopic (exact) mass is 387 g/mol. The first-order valence-electron chi connectivity index (χ1n) is 9.45. The third-order valence-electron chi connectivity index (χ3n) is 4.60. The smallest absolute Gasteiger partial charge is 0.193 e. The van der Waals surface area contributed by atoms with Crippen molar-refractivity contribution in [3.8, 4) is 11.5 Å². The fourth-order valence-electron chi connectivity index (χ4n) is 3.17. The van der Waals surface area contributed by atoms with E-state index in [2.05, 4.69) is 20.3 Å². The van der Waals surface area contributed by atoms with Crippen molar-refractivity contribution in [2.75, 3.05) is 40.4 Å². The number of aliphatic imine (C=N–C) groups is 1. The highest BCUT2D eigenvalue weighted by atomic mass is 16.5. The highest BCUT2D eigenvalue weighted by molar-refractivity contribution is 5.80. The zero-order valence-electron chi connectivity index (χ0n) is 17.0. The molecule has 0 saturated carbocycles. The van der Waals surface area contributed by atoms with Crippen molar-refractivity contribution in [2.24, 2.45) is 12.0 Å². The average molecular weight is 387 g/mol. The molecule has 8 nitrogen and oxygen atoms in total. The van der Waals surface area contributed by atoms with E-state index in [0.717, 1.165) is 36.1 Å². The van der Waals surface area contributed by atoms with Gasteiger partial charge in [0.2, 0.25) is 0 Å². The van der Waals surface area contributed by atoms with Gasteiger partial charge in [-0.15, -0.1) is 0 Å². The Kier molecular flexibility index (Phi) is 6.76. The van der Waals surface area contributed by atoms with Crippen molar-refractivity contribution >= 4 is 5.96 Å². The van der Waals surface area contributed by atoms with Crippen molar-refractivity contribution in [3.63, 3.8) is 0 Å². The summed E-state index contributed by atoms with van der Waals surface area (Å²) in [5, 5.41) is 7.65. The van der Waals surface area contributed by atoms with Crippen LogP contribution >= 0.6 is 0 Å². The first-order chi connectivity index (χ1) is 13.6. The number of rotatable bonds is 6. The number of ether oxygens (including phenoxy) is 3. The second-order valence-electron chi connectivity index (χ2n) is 6.79. The molecule has 0 spiro atoms. The molecule has 2 atom stereocenters. The molecule has 1 saturated heterocycles. The molecule has 152 valence electrons. The number of hydrogen-bond acceptors (Lipinski definition) is 5. The number of aromatic nitrogens is 2. The summed E-state index contributed by atoms with van der Waals surface area (Å²) in [5.41, 5.74) is 1.08. The number of guanidine groups is 1. The Morgan fingerprint density at radius 1 is 1.43 bits per heavy atom. The Morgan fingerprint density at radius 3 is 2.96 bits per heavy atom. The van der Waals surface area contributed by atoms with Crippen LogP contribution in [0.25, 0.3) is 0 Å². The lowest BCUT2D eigenvalue weighted by atomic mass is 10.1. The van der Waals surface area contributed by atoms with Gasteiger partial charge in [0.1, 0.15) is 23.7 Å². The van der Waals surface area contributed by atoms with Crippen LogP contribution in [-0.4, -0.2) is 67.1 Å². The largest absolute Gasteiger partial charge is 0.497 e. The van der Waals surface area contributed by atoms with Crippen LogP contribution in [0.15, 0.2) is 41.7 Å². The molecule has 1 aliphatic rings. The quantitative estimate of drug-likeness (QED) is 0.602. The van der Waals surface area contributed by atoms with Crippen LogP contribution in [0, 0.1) is 0 Å². The minimum atomic E-state index is -0.0287. The van der Waals surface area contributed by atoms with Gasteiger partial charge in [-0.1, -0.05) is 6.07 Å². The van der Waals surface area contributed by atoms with E-state index in [-0.39, 0.29) is 12.2 Å². The van der Waals surface area contributed by atoms with Crippen LogP contribution in [0.3, 0.4) is 0 Å². The van der Waals surface area contributed by atoms with Crippen molar-refractivity contribution in [2.45, 2.75) is 19.1 Å². The minimum absolute atomic E-state index is 0.00791. The first kappa shape index (κ1) is 20.0. The van der Waals surface area contributed by atoms with E-state index < -0.39 is 0 Å². The fraction of sp³-hybridized carbons (Fsp3) is 0.500. The van der Waals surface area contributed by atoms with Crippen molar-refractivity contribution in [1.82, 2.24) is 20.0 Å². The van der Waals surface area contributed by atoms with Crippen molar-refractivity contribution < 1.29 is 14.2 Å². The molecular weight excluding hydrogens is 358 g/mol. The van der Waals surface area contributed by atoms with Gasteiger partial charge in [0.25, 0.3) is 0 Å². The second-order valence-corrected chi connectivity index (χ2v) is 6.79. The lowest BCUT2D eigenvalue weighted by molar-refractivity contribution is -0.00814. The summed E-state index contributed by atoms with van der Waals surface area (Å²) in [5.74, 6) is 2.41. The van der Waals surface area contributed by atoms with E-state index in [1.807, 2.05) is 50.6 Å². The normalized spacial score (nSPS) is 18.6. The molecule has 0 aliphatic carbocycles. The molecule has 0 bridgehead atoms. The van der Waals surface area contributed by atoms with Gasteiger partial charge in [-0.05, 0) is 19.1 Å². The zero-order valence-corrected chi connectivity index (χ0v) is 17.0. The Hall–Kier alpha value is -2.74. The van der Waals surface area contributed by atoms with E-state index >= 15 is 0 Å². The van der Waals surface area contributed by atoms with E-state index in [0.29, 0.717) is 13.2 Å². The average Bonchev–Trinajstić information content (AvgIpc) is 3.15. The highest BCUT2D eigenvalue weighted by Crippen LogP contribution is 2.22. The lowest BCUT2D eigenvalue weighted by Gasteiger charge is -2.35. The molecule has 2 aromatic rings. The molecule has 1 aliphatic heterocycles. The highest BCUT2D eigenvalue weighted by Gasteiger charge is 2.25. The zero-order chi connectivity index (χ0) is 19.9. The fourth-order valence-corrected chi connectivity index (χ4v) is 3.17. The van der Waals surface area contributed by atoms with E-state index in [9.17, 15) is 0 Å². The predicted molar refractivity (Wildman–Crippen MR) is 108 cm³/mol. The molecule has 1 aromatic heterocycles. The molecule has 1 N–H and O–H groups in total. The summed E-state index contributed by atoms with van der Waals surface area (Å²) >= 11 is 0. The van der Waals surface area contributed by atoms with Gasteiger partial charge >= 0.3 is 0 Å². The maximum Gasteiger partial charge on any atom is 0.193 e. The number of aryl methyl sites for hydroxylation is 1. The Morgan fingerprint density at radius 2 is 2.25 bits per heavy atom. The van der Waals surface area contributed by atoms with Crippen LogP contribution in [0.2, 0.25) is 0 Å². The van der Waals surface area contributed by atoms with Gasteiger partial charge in [-0.2, -0.15) is 5.10 Å². The third-order valence-corrected chi connectivity index (χ3v) is 4.60. The molecule has 2 unspecified atom stereocenters. The molecule has 3 rings (SSSR count). The Labute approximate surface area is 166 Å². The van der Waals surface area contributed by atoms with E-state index in [4.69, 9.17) is 14.2 Å². The van der Waals surface area contributed by atoms with Crippen LogP contribution in [0.5, 0.6) is 11.5 Å². The van der Waals surface area contributed by atoms with Gasteiger partial charge in [0.15, 0.2) is 5.96 Å². The molecular formula is C20H29N5O3. The van der Waals surface area contributed by atoms with Gasteiger partial charge in [0.05, 0.1) is 33.0 Å². The SMILES string of the molecule is CN=C(NCC(C)Oc1cccc(OC)c1)N1CCOC(c2cnn(C)c2)C1. The third kappa shape index (κ3) is 5.16. The summed E-state index contributed by atoms with van der Waals surface area (Å²) in [6, 6.07) is 7.62. The maximum absolute atomic E-state index is 5.98. The van der Waals surface area contributed by atoms with Gasteiger partial charge in [-0.25, -0.2) is 0 Å². The number of benzene rings is 1. The molecule has 8 heteroatoms. The molecule has 0 radical (unpaired) electrons. The minimum Gasteiger partial charge on any atom is -0.497 e. The Balaban J connectivity index is 1.53. The van der Waals surface area contributed by atoms with Crippen LogP contribution in [0.4, 0.5) is 0 Å². The molecule has 1 aromatic carbocycles. The summed E-state index contributed by atoms with van der Waals surface area (Å²) in [6.07, 6.45) is 3.81. The van der Waals surface area contributed by atoms with E-state index in [1.165, 1.54) is 0 Å². The summed E-state index contributed by atoms with van der Waals surface area (Å²) in [4.78, 5) is 6.64. The molecule has 1 fully saturated rings. The van der Waals surface area contributed by atoms with Gasteiger partial charge in [0, 0.05) is 38.5 Å². The van der Waals surface area contributed by atoms with Crippen LogP contribution < -0.4 is 14.8 Å². The number of nitrogens with zero attached hydrogens (tertiary/aromatic N) is 4. The Bertz CT molecular complexity index is 792. The predicted octanol–water partition coefficient (Wildman–Crippen LogP) is 1.84. The second kappa shape index (κ2) is 9.45.